The Kier molecular flexibility index (Phi) is 6.61. The van der Waals surface area contributed by atoms with E-state index >= 15 is 0 Å². The molecule has 0 aromatic heterocycles. The third kappa shape index (κ3) is 4.68. The van der Waals surface area contributed by atoms with Crippen LogP contribution in [0.15, 0.2) is 16.6 Å². The van der Waals surface area contributed by atoms with Gasteiger partial charge < -0.3 is 10.4 Å². The van der Waals surface area contributed by atoms with Crippen molar-refractivity contribution in [2.24, 2.45) is 0 Å². The van der Waals surface area contributed by atoms with Crippen LogP contribution in [0.1, 0.15) is 38.1 Å². The molecule has 4 nitrogen and oxygen atoms in total. The van der Waals surface area contributed by atoms with Gasteiger partial charge in [-0.2, -0.15) is 0 Å². The minimum Gasteiger partial charge on any atom is -0.478 e. The number of halogens is 2. The number of nitrogens with one attached hydrogen (secondary N) is 1. The van der Waals surface area contributed by atoms with E-state index in [9.17, 15) is 9.18 Å². The van der Waals surface area contributed by atoms with E-state index in [1.54, 1.807) is 0 Å². The Morgan fingerprint density at radius 1 is 1.33 bits per heavy atom. The van der Waals surface area contributed by atoms with E-state index in [-0.39, 0.29) is 10.0 Å². The van der Waals surface area contributed by atoms with Crippen molar-refractivity contribution in [1.29, 1.82) is 0 Å². The van der Waals surface area contributed by atoms with Gasteiger partial charge in [-0.3, -0.25) is 4.90 Å². The van der Waals surface area contributed by atoms with E-state index < -0.39 is 11.8 Å². The summed E-state index contributed by atoms with van der Waals surface area (Å²) in [4.78, 5) is 13.2. The van der Waals surface area contributed by atoms with Crippen LogP contribution in [0.2, 0.25) is 0 Å². The number of aromatic carboxylic acids is 1. The largest absolute Gasteiger partial charge is 0.478 e. The molecule has 1 rings (SSSR count). The van der Waals surface area contributed by atoms with Gasteiger partial charge in [-0.05, 0) is 55.8 Å². The molecule has 1 aromatic rings. The molecule has 21 heavy (non-hydrogen) atoms. The predicted octanol–water partition coefficient (Wildman–Crippen LogP) is 3.82. The predicted molar refractivity (Wildman–Crippen MR) is 86.5 cm³/mol. The monoisotopic (exact) mass is 360 g/mol. The van der Waals surface area contributed by atoms with E-state index in [0.29, 0.717) is 24.3 Å². The SMILES string of the molecule is CC(C)N(CCNc1ccc(C(=O)O)c(Br)c1F)C(C)C. The third-order valence-electron chi connectivity index (χ3n) is 3.32. The van der Waals surface area contributed by atoms with Gasteiger partial charge in [0.1, 0.15) is 0 Å². The summed E-state index contributed by atoms with van der Waals surface area (Å²) in [5, 5.41) is 11.9. The Labute approximate surface area is 133 Å². The van der Waals surface area contributed by atoms with Crippen LogP contribution in [0.4, 0.5) is 10.1 Å². The van der Waals surface area contributed by atoms with E-state index in [0.717, 1.165) is 6.54 Å². The summed E-state index contributed by atoms with van der Waals surface area (Å²) in [6, 6.07) is 3.68. The van der Waals surface area contributed by atoms with E-state index in [1.807, 2.05) is 0 Å². The fourth-order valence-electron chi connectivity index (χ4n) is 2.28. The Bertz CT molecular complexity index is 499. The molecule has 1 aromatic carbocycles. The summed E-state index contributed by atoms with van der Waals surface area (Å²) >= 11 is 2.99. The maximum Gasteiger partial charge on any atom is 0.336 e. The molecule has 0 fully saturated rings. The number of carboxylic acids is 1. The summed E-state index contributed by atoms with van der Waals surface area (Å²) in [7, 11) is 0. The van der Waals surface area contributed by atoms with Gasteiger partial charge in [-0.15, -0.1) is 0 Å². The zero-order chi connectivity index (χ0) is 16.2. The molecular formula is C15H22BrFN2O2. The normalized spacial score (nSPS) is 11.5. The molecule has 0 saturated heterocycles. The Balaban J connectivity index is 2.73. The summed E-state index contributed by atoms with van der Waals surface area (Å²) in [5.74, 6) is -1.73. The van der Waals surface area contributed by atoms with Crippen LogP contribution < -0.4 is 5.32 Å². The van der Waals surface area contributed by atoms with E-state index in [2.05, 4.69) is 53.8 Å². The highest BCUT2D eigenvalue weighted by atomic mass is 79.9. The van der Waals surface area contributed by atoms with Gasteiger partial charge in [0.15, 0.2) is 5.82 Å². The Hall–Kier alpha value is -1.14. The van der Waals surface area contributed by atoms with Crippen molar-refractivity contribution in [3.63, 3.8) is 0 Å². The quantitative estimate of drug-likeness (QED) is 0.775. The second-order valence-corrected chi connectivity index (χ2v) is 6.24. The highest BCUT2D eigenvalue weighted by molar-refractivity contribution is 9.10. The van der Waals surface area contributed by atoms with Gasteiger partial charge in [-0.25, -0.2) is 9.18 Å². The third-order valence-corrected chi connectivity index (χ3v) is 4.10. The molecule has 0 aliphatic heterocycles. The first-order chi connectivity index (χ1) is 9.75. The molecule has 0 unspecified atom stereocenters. The summed E-state index contributed by atoms with van der Waals surface area (Å²) in [6.45, 7) is 9.87. The number of rotatable bonds is 7. The van der Waals surface area contributed by atoms with Crippen molar-refractivity contribution < 1.29 is 14.3 Å². The first kappa shape index (κ1) is 17.9. The van der Waals surface area contributed by atoms with Crippen molar-refractivity contribution in [1.82, 2.24) is 4.90 Å². The maximum atomic E-state index is 14.1. The number of carbonyl (C=O) groups is 1. The Morgan fingerprint density at radius 3 is 2.38 bits per heavy atom. The Morgan fingerprint density at radius 2 is 1.90 bits per heavy atom. The van der Waals surface area contributed by atoms with Crippen molar-refractivity contribution in [3.8, 4) is 0 Å². The maximum absolute atomic E-state index is 14.1. The van der Waals surface area contributed by atoms with Gasteiger partial charge in [-0.1, -0.05) is 0 Å². The molecule has 0 radical (unpaired) electrons. The van der Waals surface area contributed by atoms with E-state index in [4.69, 9.17) is 5.11 Å². The number of hydrogen-bond donors (Lipinski definition) is 2. The standard InChI is InChI=1S/C15H22BrFN2O2/c1-9(2)19(10(3)4)8-7-18-12-6-5-11(15(20)21)13(16)14(12)17/h5-6,9-10,18H,7-8H2,1-4H3,(H,20,21). The molecular weight excluding hydrogens is 339 g/mol. The number of benzene rings is 1. The second-order valence-electron chi connectivity index (χ2n) is 5.45. The van der Waals surface area contributed by atoms with Gasteiger partial charge >= 0.3 is 5.97 Å². The van der Waals surface area contributed by atoms with Crippen LogP contribution in [-0.4, -0.2) is 41.1 Å². The molecule has 0 atom stereocenters. The minimum atomic E-state index is -1.15. The lowest BCUT2D eigenvalue weighted by molar-refractivity contribution is 0.0695. The van der Waals surface area contributed by atoms with Crippen LogP contribution in [-0.2, 0) is 0 Å². The number of carboxylic acid groups (broad SMARTS) is 1. The molecule has 118 valence electrons. The number of nitrogens with zero attached hydrogens (tertiary/aromatic N) is 1. The zero-order valence-electron chi connectivity index (χ0n) is 12.8. The van der Waals surface area contributed by atoms with Crippen LogP contribution in [0.25, 0.3) is 0 Å². The average molecular weight is 361 g/mol. The molecule has 6 heteroatoms. The lowest BCUT2D eigenvalue weighted by Gasteiger charge is -2.30. The van der Waals surface area contributed by atoms with Gasteiger partial charge in [0, 0.05) is 25.2 Å². The molecule has 0 saturated carbocycles. The first-order valence-corrected chi connectivity index (χ1v) is 7.75. The summed E-state index contributed by atoms with van der Waals surface area (Å²) in [6.07, 6.45) is 0. The highest BCUT2D eigenvalue weighted by Gasteiger charge is 2.16. The van der Waals surface area contributed by atoms with Crippen LogP contribution >= 0.6 is 15.9 Å². The number of anilines is 1. The van der Waals surface area contributed by atoms with Crippen molar-refractivity contribution in [2.45, 2.75) is 39.8 Å². The molecule has 0 amide bonds. The van der Waals surface area contributed by atoms with Gasteiger partial charge in [0.2, 0.25) is 0 Å². The lowest BCUT2D eigenvalue weighted by atomic mass is 10.2. The highest BCUT2D eigenvalue weighted by Crippen LogP contribution is 2.27. The fourth-order valence-corrected chi connectivity index (χ4v) is 2.80. The smallest absolute Gasteiger partial charge is 0.336 e. The molecule has 0 aliphatic carbocycles. The molecule has 2 N–H and O–H groups in total. The second kappa shape index (κ2) is 7.75. The van der Waals surface area contributed by atoms with Crippen molar-refractivity contribution in [3.05, 3.63) is 28.0 Å². The number of hydrogen-bond acceptors (Lipinski definition) is 3. The van der Waals surface area contributed by atoms with Crippen molar-refractivity contribution in [2.75, 3.05) is 18.4 Å². The molecule has 0 spiro atoms. The van der Waals surface area contributed by atoms with Gasteiger partial charge in [0.25, 0.3) is 0 Å². The van der Waals surface area contributed by atoms with Crippen molar-refractivity contribution >= 4 is 27.6 Å². The summed E-state index contributed by atoms with van der Waals surface area (Å²) in [5.41, 5.74) is 0.225. The van der Waals surface area contributed by atoms with Gasteiger partial charge in [0.05, 0.1) is 15.7 Å². The van der Waals surface area contributed by atoms with Crippen LogP contribution in [0, 0.1) is 5.82 Å². The summed E-state index contributed by atoms with van der Waals surface area (Å²) < 4.78 is 14.1. The van der Waals surface area contributed by atoms with Crippen LogP contribution in [0.3, 0.4) is 0 Å². The molecule has 0 aliphatic rings. The molecule has 0 heterocycles. The topological polar surface area (TPSA) is 52.6 Å². The van der Waals surface area contributed by atoms with E-state index in [1.165, 1.54) is 12.1 Å². The lowest BCUT2D eigenvalue weighted by Crippen LogP contribution is -2.40. The molecule has 0 bridgehead atoms. The van der Waals surface area contributed by atoms with Crippen LogP contribution in [0.5, 0.6) is 0 Å². The zero-order valence-corrected chi connectivity index (χ0v) is 14.4. The average Bonchev–Trinajstić information content (AvgIpc) is 2.37. The minimum absolute atomic E-state index is 0.0235. The fraction of sp³-hybridized carbons (Fsp3) is 0.533. The first-order valence-electron chi connectivity index (χ1n) is 6.96.